The highest BCUT2D eigenvalue weighted by molar-refractivity contribution is 4.83. The molecular weight excluding hydrogens is 148 g/mol. The Labute approximate surface area is 76.1 Å². The molecule has 2 N–H and O–H groups in total. The molecule has 0 aliphatic carbocycles. The summed E-state index contributed by atoms with van der Waals surface area (Å²) in [6.07, 6.45) is 2.66. The van der Waals surface area contributed by atoms with Gasteiger partial charge in [-0.2, -0.15) is 0 Å². The molecule has 1 unspecified atom stereocenters. The number of hydrogen-bond donors (Lipinski definition) is 2. The van der Waals surface area contributed by atoms with Gasteiger partial charge in [-0.25, -0.2) is 0 Å². The van der Waals surface area contributed by atoms with Gasteiger partial charge in [-0.1, -0.05) is 13.8 Å². The van der Waals surface area contributed by atoms with Gasteiger partial charge in [0, 0.05) is 25.2 Å². The molecule has 0 aromatic heterocycles. The Hall–Kier alpha value is -0.0800. The van der Waals surface area contributed by atoms with Gasteiger partial charge < -0.3 is 10.6 Å². The van der Waals surface area contributed by atoms with Crippen molar-refractivity contribution in [2.75, 3.05) is 13.1 Å². The normalized spacial score (nSPS) is 21.0. The maximum atomic E-state index is 3.61. The molecule has 0 bridgehead atoms. The van der Waals surface area contributed by atoms with E-state index in [0.717, 1.165) is 25.0 Å². The molecule has 1 fully saturated rings. The highest BCUT2D eigenvalue weighted by atomic mass is 15.1. The average molecular weight is 170 g/mol. The molecule has 12 heavy (non-hydrogen) atoms. The zero-order valence-electron chi connectivity index (χ0n) is 8.56. The molecule has 1 aliphatic heterocycles. The Morgan fingerprint density at radius 3 is 2.33 bits per heavy atom. The van der Waals surface area contributed by atoms with Gasteiger partial charge in [-0.3, -0.25) is 0 Å². The van der Waals surface area contributed by atoms with Crippen molar-refractivity contribution in [1.29, 1.82) is 0 Å². The topological polar surface area (TPSA) is 24.1 Å². The summed E-state index contributed by atoms with van der Waals surface area (Å²) in [5, 5.41) is 6.88. The van der Waals surface area contributed by atoms with Crippen molar-refractivity contribution < 1.29 is 0 Å². The predicted octanol–water partition coefficient (Wildman–Crippen LogP) is 1.37. The van der Waals surface area contributed by atoms with Crippen LogP contribution in [-0.4, -0.2) is 25.2 Å². The van der Waals surface area contributed by atoms with Crippen LogP contribution < -0.4 is 10.6 Å². The number of nitrogens with one attached hydrogen (secondary N) is 2. The fraction of sp³-hybridized carbons (Fsp3) is 1.00. The minimum Gasteiger partial charge on any atom is -0.314 e. The van der Waals surface area contributed by atoms with Crippen molar-refractivity contribution in [3.63, 3.8) is 0 Å². The third-order valence-corrected chi connectivity index (χ3v) is 2.48. The van der Waals surface area contributed by atoms with Gasteiger partial charge in [0.15, 0.2) is 0 Å². The quantitative estimate of drug-likeness (QED) is 0.651. The van der Waals surface area contributed by atoms with Crippen molar-refractivity contribution in [3.05, 3.63) is 0 Å². The summed E-state index contributed by atoms with van der Waals surface area (Å²) in [5.41, 5.74) is 0. The van der Waals surface area contributed by atoms with Crippen molar-refractivity contribution in [2.24, 2.45) is 5.92 Å². The van der Waals surface area contributed by atoms with Gasteiger partial charge in [-0.05, 0) is 25.7 Å². The van der Waals surface area contributed by atoms with E-state index < -0.39 is 0 Å². The van der Waals surface area contributed by atoms with Gasteiger partial charge in [0.05, 0.1) is 0 Å². The summed E-state index contributed by atoms with van der Waals surface area (Å²) >= 11 is 0. The van der Waals surface area contributed by atoms with E-state index in [2.05, 4.69) is 31.4 Å². The molecule has 1 saturated heterocycles. The van der Waals surface area contributed by atoms with Gasteiger partial charge in [0.1, 0.15) is 0 Å². The molecule has 0 aromatic rings. The lowest BCUT2D eigenvalue weighted by Gasteiger charge is -2.31. The molecular formula is C10H22N2. The summed E-state index contributed by atoms with van der Waals surface area (Å²) in [6, 6.07) is 1.44. The molecule has 0 saturated carbocycles. The van der Waals surface area contributed by atoms with Crippen molar-refractivity contribution in [3.8, 4) is 0 Å². The Balaban J connectivity index is 1.98. The molecule has 1 atom stereocenters. The molecule has 1 aliphatic rings. The Morgan fingerprint density at radius 2 is 1.92 bits per heavy atom. The Kier molecular flexibility index (Phi) is 4.02. The van der Waals surface area contributed by atoms with Crippen LogP contribution in [0.4, 0.5) is 0 Å². The highest BCUT2D eigenvalue weighted by Gasteiger charge is 2.17. The molecule has 2 nitrogen and oxygen atoms in total. The summed E-state index contributed by atoms with van der Waals surface area (Å²) < 4.78 is 0. The lowest BCUT2D eigenvalue weighted by atomic mass is 10.0. The van der Waals surface area contributed by atoms with Gasteiger partial charge in [0.25, 0.3) is 0 Å². The predicted molar refractivity (Wildman–Crippen MR) is 53.3 cm³/mol. The second kappa shape index (κ2) is 4.83. The first-order valence-electron chi connectivity index (χ1n) is 5.15. The first kappa shape index (κ1) is 10.0. The molecule has 0 spiro atoms. The third-order valence-electron chi connectivity index (χ3n) is 2.48. The van der Waals surface area contributed by atoms with Crippen LogP contribution in [0, 0.1) is 5.92 Å². The second-order valence-corrected chi connectivity index (χ2v) is 4.39. The Morgan fingerprint density at radius 1 is 1.25 bits per heavy atom. The SMILES string of the molecule is CC(C)CCC(C)NC1CNC1. The number of rotatable bonds is 5. The van der Waals surface area contributed by atoms with Crippen LogP contribution in [0.1, 0.15) is 33.6 Å². The minimum atomic E-state index is 0.694. The van der Waals surface area contributed by atoms with Crippen molar-refractivity contribution in [2.45, 2.75) is 45.7 Å². The minimum absolute atomic E-state index is 0.694. The monoisotopic (exact) mass is 170 g/mol. The molecule has 0 amide bonds. The number of hydrogen-bond acceptors (Lipinski definition) is 2. The molecule has 0 aromatic carbocycles. The van der Waals surface area contributed by atoms with E-state index in [9.17, 15) is 0 Å². The van der Waals surface area contributed by atoms with Crippen LogP contribution in [0.15, 0.2) is 0 Å². The summed E-state index contributed by atoms with van der Waals surface area (Å²) in [5.74, 6) is 0.841. The largest absolute Gasteiger partial charge is 0.314 e. The lowest BCUT2D eigenvalue weighted by molar-refractivity contribution is 0.319. The van der Waals surface area contributed by atoms with Gasteiger partial charge >= 0.3 is 0 Å². The highest BCUT2D eigenvalue weighted by Crippen LogP contribution is 2.07. The van der Waals surface area contributed by atoms with Gasteiger partial charge in [-0.15, -0.1) is 0 Å². The zero-order valence-corrected chi connectivity index (χ0v) is 8.56. The molecule has 72 valence electrons. The zero-order chi connectivity index (χ0) is 8.97. The van der Waals surface area contributed by atoms with Crippen molar-refractivity contribution >= 4 is 0 Å². The van der Waals surface area contributed by atoms with E-state index in [1.807, 2.05) is 0 Å². The van der Waals surface area contributed by atoms with Crippen LogP contribution in [0.2, 0.25) is 0 Å². The Bertz CT molecular complexity index is 119. The fourth-order valence-electron chi connectivity index (χ4n) is 1.48. The summed E-state index contributed by atoms with van der Waals surface area (Å²) in [4.78, 5) is 0. The van der Waals surface area contributed by atoms with Crippen LogP contribution in [0.25, 0.3) is 0 Å². The summed E-state index contributed by atoms with van der Waals surface area (Å²) in [6.45, 7) is 9.19. The van der Waals surface area contributed by atoms with E-state index in [-0.39, 0.29) is 0 Å². The average Bonchev–Trinajstić information content (AvgIpc) is 1.93. The van der Waals surface area contributed by atoms with Crippen molar-refractivity contribution in [1.82, 2.24) is 10.6 Å². The maximum absolute atomic E-state index is 3.61. The maximum Gasteiger partial charge on any atom is 0.0319 e. The first-order chi connectivity index (χ1) is 5.68. The van der Waals surface area contributed by atoms with Crippen LogP contribution in [-0.2, 0) is 0 Å². The molecule has 0 radical (unpaired) electrons. The molecule has 1 rings (SSSR count). The van der Waals surface area contributed by atoms with Crippen LogP contribution in [0.3, 0.4) is 0 Å². The van der Waals surface area contributed by atoms with E-state index >= 15 is 0 Å². The van der Waals surface area contributed by atoms with Crippen LogP contribution in [0.5, 0.6) is 0 Å². The van der Waals surface area contributed by atoms with E-state index in [0.29, 0.717) is 6.04 Å². The third kappa shape index (κ3) is 3.55. The standard InChI is InChI=1S/C10H22N2/c1-8(2)4-5-9(3)12-10-6-11-7-10/h8-12H,4-7H2,1-3H3. The second-order valence-electron chi connectivity index (χ2n) is 4.39. The summed E-state index contributed by atoms with van der Waals surface area (Å²) in [7, 11) is 0. The van der Waals surface area contributed by atoms with E-state index in [4.69, 9.17) is 0 Å². The van der Waals surface area contributed by atoms with E-state index in [1.165, 1.54) is 12.8 Å². The van der Waals surface area contributed by atoms with Gasteiger partial charge in [0.2, 0.25) is 0 Å². The van der Waals surface area contributed by atoms with E-state index in [1.54, 1.807) is 0 Å². The lowest BCUT2D eigenvalue weighted by Crippen LogP contribution is -2.57. The molecule has 2 heteroatoms. The molecule has 1 heterocycles. The first-order valence-corrected chi connectivity index (χ1v) is 5.15. The van der Waals surface area contributed by atoms with Crippen LogP contribution >= 0.6 is 0 Å². The smallest absolute Gasteiger partial charge is 0.0319 e. The fourth-order valence-corrected chi connectivity index (χ4v) is 1.48.